The monoisotopic (exact) mass is 207 g/mol. The van der Waals surface area contributed by atoms with Crippen LogP contribution in [-0.2, 0) is 0 Å². The van der Waals surface area contributed by atoms with Crippen LogP contribution >= 0.6 is 0 Å². The minimum atomic E-state index is 0.0538. The van der Waals surface area contributed by atoms with Crippen LogP contribution in [0.2, 0.25) is 0 Å². The lowest BCUT2D eigenvalue weighted by Crippen LogP contribution is -2.17. The van der Waals surface area contributed by atoms with Gasteiger partial charge in [0.15, 0.2) is 0 Å². The highest BCUT2D eigenvalue weighted by Gasteiger charge is 2.14. The van der Waals surface area contributed by atoms with E-state index in [9.17, 15) is 0 Å². The van der Waals surface area contributed by atoms with Crippen molar-refractivity contribution in [1.82, 2.24) is 0 Å². The number of para-hydroxylation sites is 1. The average molecular weight is 207 g/mol. The van der Waals surface area contributed by atoms with Crippen molar-refractivity contribution in [2.75, 3.05) is 6.61 Å². The van der Waals surface area contributed by atoms with Crippen LogP contribution in [0.4, 0.5) is 0 Å². The predicted octanol–water partition coefficient (Wildman–Crippen LogP) is 3.13. The molecule has 0 bridgehead atoms. The molecule has 2 nitrogen and oxygen atoms in total. The van der Waals surface area contributed by atoms with Crippen LogP contribution in [0.15, 0.2) is 24.3 Å². The van der Waals surface area contributed by atoms with E-state index in [0.29, 0.717) is 5.92 Å². The molecule has 0 saturated heterocycles. The largest absolute Gasteiger partial charge is 0.493 e. The molecule has 0 saturated carbocycles. The Bertz CT molecular complexity index is 296. The van der Waals surface area contributed by atoms with Crippen LogP contribution in [0.25, 0.3) is 0 Å². The Morgan fingerprint density at radius 3 is 2.53 bits per heavy atom. The van der Waals surface area contributed by atoms with E-state index in [-0.39, 0.29) is 6.04 Å². The zero-order chi connectivity index (χ0) is 11.3. The maximum Gasteiger partial charge on any atom is 0.124 e. The summed E-state index contributed by atoms with van der Waals surface area (Å²) in [5, 5.41) is 0. The van der Waals surface area contributed by atoms with E-state index < -0.39 is 0 Å². The highest BCUT2D eigenvalue weighted by atomic mass is 16.5. The Morgan fingerprint density at radius 2 is 1.93 bits per heavy atom. The van der Waals surface area contributed by atoms with E-state index in [2.05, 4.69) is 26.8 Å². The number of hydrogen-bond acceptors (Lipinski definition) is 2. The Kier molecular flexibility index (Phi) is 4.63. The third-order valence-electron chi connectivity index (χ3n) is 2.46. The molecule has 1 aromatic rings. The van der Waals surface area contributed by atoms with Crippen LogP contribution < -0.4 is 10.5 Å². The Balaban J connectivity index is 2.85. The molecule has 0 aliphatic carbocycles. The van der Waals surface area contributed by atoms with Crippen molar-refractivity contribution in [2.24, 2.45) is 11.7 Å². The third kappa shape index (κ3) is 3.24. The van der Waals surface area contributed by atoms with Gasteiger partial charge in [0.1, 0.15) is 5.75 Å². The fourth-order valence-corrected chi connectivity index (χ4v) is 1.46. The van der Waals surface area contributed by atoms with E-state index >= 15 is 0 Å². The van der Waals surface area contributed by atoms with Gasteiger partial charge in [-0.15, -0.1) is 0 Å². The zero-order valence-corrected chi connectivity index (χ0v) is 9.86. The Morgan fingerprint density at radius 1 is 1.27 bits per heavy atom. The van der Waals surface area contributed by atoms with E-state index in [1.165, 1.54) is 0 Å². The van der Waals surface area contributed by atoms with Crippen molar-refractivity contribution < 1.29 is 4.74 Å². The quantitative estimate of drug-likeness (QED) is 0.805. The second kappa shape index (κ2) is 5.76. The summed E-state index contributed by atoms with van der Waals surface area (Å²) in [5.74, 6) is 1.36. The summed E-state index contributed by atoms with van der Waals surface area (Å²) in [6.07, 6.45) is 1.02. The van der Waals surface area contributed by atoms with Gasteiger partial charge in [0.25, 0.3) is 0 Å². The van der Waals surface area contributed by atoms with Crippen LogP contribution in [0.5, 0.6) is 5.75 Å². The summed E-state index contributed by atoms with van der Waals surface area (Å²) in [5.41, 5.74) is 7.24. The molecule has 0 aliphatic heterocycles. The first-order valence-corrected chi connectivity index (χ1v) is 5.64. The first kappa shape index (κ1) is 12.1. The van der Waals surface area contributed by atoms with Crippen molar-refractivity contribution >= 4 is 0 Å². The van der Waals surface area contributed by atoms with Crippen molar-refractivity contribution in [3.63, 3.8) is 0 Å². The van der Waals surface area contributed by atoms with Gasteiger partial charge in [0.05, 0.1) is 6.61 Å². The number of rotatable bonds is 5. The SMILES string of the molecule is CCCOc1ccccc1C(N)C(C)C. The number of ether oxygens (including phenoxy) is 1. The fraction of sp³-hybridized carbons (Fsp3) is 0.538. The summed E-state index contributed by atoms with van der Waals surface area (Å²) in [4.78, 5) is 0. The van der Waals surface area contributed by atoms with Gasteiger partial charge in [0.2, 0.25) is 0 Å². The topological polar surface area (TPSA) is 35.2 Å². The molecule has 84 valence electrons. The summed E-state index contributed by atoms with van der Waals surface area (Å²) >= 11 is 0. The van der Waals surface area contributed by atoms with Crippen LogP contribution in [-0.4, -0.2) is 6.61 Å². The molecule has 0 spiro atoms. The average Bonchev–Trinajstić information content (AvgIpc) is 2.25. The molecule has 15 heavy (non-hydrogen) atoms. The number of benzene rings is 1. The third-order valence-corrected chi connectivity index (χ3v) is 2.46. The highest BCUT2D eigenvalue weighted by Crippen LogP contribution is 2.27. The van der Waals surface area contributed by atoms with Gasteiger partial charge in [-0.05, 0) is 18.4 Å². The van der Waals surface area contributed by atoms with Gasteiger partial charge in [-0.1, -0.05) is 39.0 Å². The van der Waals surface area contributed by atoms with Crippen LogP contribution in [0, 0.1) is 5.92 Å². The normalized spacial score (nSPS) is 12.9. The molecule has 1 unspecified atom stereocenters. The lowest BCUT2D eigenvalue weighted by atomic mass is 9.96. The van der Waals surface area contributed by atoms with Crippen molar-refractivity contribution in [1.29, 1.82) is 0 Å². The Hall–Kier alpha value is -1.02. The second-order valence-corrected chi connectivity index (χ2v) is 4.16. The summed E-state index contributed by atoms with van der Waals surface area (Å²) in [6.45, 7) is 7.11. The smallest absolute Gasteiger partial charge is 0.124 e. The van der Waals surface area contributed by atoms with E-state index in [1.807, 2.05) is 18.2 Å². The van der Waals surface area contributed by atoms with E-state index in [4.69, 9.17) is 10.5 Å². The van der Waals surface area contributed by atoms with E-state index in [1.54, 1.807) is 0 Å². The minimum Gasteiger partial charge on any atom is -0.493 e. The highest BCUT2D eigenvalue weighted by molar-refractivity contribution is 5.35. The molecule has 1 rings (SSSR count). The minimum absolute atomic E-state index is 0.0538. The Labute approximate surface area is 92.4 Å². The number of nitrogens with two attached hydrogens (primary N) is 1. The van der Waals surface area contributed by atoms with Crippen LogP contribution in [0.1, 0.15) is 38.8 Å². The lowest BCUT2D eigenvalue weighted by Gasteiger charge is -2.19. The lowest BCUT2D eigenvalue weighted by molar-refractivity contribution is 0.309. The van der Waals surface area contributed by atoms with Gasteiger partial charge in [-0.25, -0.2) is 0 Å². The molecule has 1 atom stereocenters. The first-order valence-electron chi connectivity index (χ1n) is 5.64. The molecule has 2 N–H and O–H groups in total. The first-order chi connectivity index (χ1) is 7.16. The molecule has 0 heterocycles. The predicted molar refractivity (Wildman–Crippen MR) is 64.0 cm³/mol. The fourth-order valence-electron chi connectivity index (χ4n) is 1.46. The maximum atomic E-state index is 6.13. The molecule has 0 radical (unpaired) electrons. The van der Waals surface area contributed by atoms with Gasteiger partial charge < -0.3 is 10.5 Å². The molecule has 0 amide bonds. The van der Waals surface area contributed by atoms with Gasteiger partial charge in [-0.2, -0.15) is 0 Å². The van der Waals surface area contributed by atoms with Gasteiger partial charge in [-0.3, -0.25) is 0 Å². The van der Waals surface area contributed by atoms with Crippen molar-refractivity contribution in [2.45, 2.75) is 33.2 Å². The molecular weight excluding hydrogens is 186 g/mol. The van der Waals surface area contributed by atoms with E-state index in [0.717, 1.165) is 24.3 Å². The summed E-state index contributed by atoms with van der Waals surface area (Å²) < 4.78 is 5.68. The van der Waals surface area contributed by atoms with Gasteiger partial charge in [0, 0.05) is 11.6 Å². The molecule has 1 aromatic carbocycles. The van der Waals surface area contributed by atoms with Crippen LogP contribution in [0.3, 0.4) is 0 Å². The number of hydrogen-bond donors (Lipinski definition) is 1. The standard InChI is InChI=1S/C13H21NO/c1-4-9-15-12-8-6-5-7-11(12)13(14)10(2)3/h5-8,10,13H,4,9,14H2,1-3H3. The van der Waals surface area contributed by atoms with Crippen molar-refractivity contribution in [3.8, 4) is 5.75 Å². The van der Waals surface area contributed by atoms with Gasteiger partial charge >= 0.3 is 0 Å². The second-order valence-electron chi connectivity index (χ2n) is 4.16. The molecule has 0 aromatic heterocycles. The summed E-state index contributed by atoms with van der Waals surface area (Å²) in [6, 6.07) is 8.10. The molecule has 0 aliphatic rings. The zero-order valence-electron chi connectivity index (χ0n) is 9.86. The van der Waals surface area contributed by atoms with Crippen molar-refractivity contribution in [3.05, 3.63) is 29.8 Å². The maximum absolute atomic E-state index is 6.13. The molecule has 2 heteroatoms. The summed E-state index contributed by atoms with van der Waals surface area (Å²) in [7, 11) is 0. The molecule has 0 fully saturated rings. The molecular formula is C13H21NO.